The van der Waals surface area contributed by atoms with Crippen molar-refractivity contribution in [3.8, 4) is 11.5 Å². The highest BCUT2D eigenvalue weighted by Crippen LogP contribution is 2.32. The average Bonchev–Trinajstić information content (AvgIpc) is 2.75. The molecule has 0 atom stereocenters. The summed E-state index contributed by atoms with van der Waals surface area (Å²) < 4.78 is 10.8. The number of nitrogens with zero attached hydrogens (tertiary/aromatic N) is 2. The van der Waals surface area contributed by atoms with Crippen LogP contribution in [-0.2, 0) is 10.2 Å². The molecule has 1 aromatic rings. The quantitative estimate of drug-likeness (QED) is 0.312. The first-order chi connectivity index (χ1) is 14.2. The Morgan fingerprint density at radius 2 is 1.81 bits per heavy atom. The Morgan fingerprint density at radius 3 is 2.32 bits per heavy atom. The summed E-state index contributed by atoms with van der Waals surface area (Å²) >= 11 is 0. The van der Waals surface area contributed by atoms with Crippen LogP contribution in [0, 0.1) is 5.92 Å². The van der Waals surface area contributed by atoms with Gasteiger partial charge in [0.15, 0.2) is 17.5 Å². The third-order valence-corrected chi connectivity index (χ3v) is 5.73. The predicted molar refractivity (Wildman–Crippen MR) is 137 cm³/mol. The van der Waals surface area contributed by atoms with E-state index in [2.05, 4.69) is 35.5 Å². The number of halogens is 1. The summed E-state index contributed by atoms with van der Waals surface area (Å²) in [6.45, 7) is 10.6. The second-order valence-electron chi connectivity index (χ2n) is 8.78. The topological polar surface area (TPSA) is 75.2 Å². The largest absolute Gasteiger partial charge is 0.493 e. The zero-order valence-electron chi connectivity index (χ0n) is 19.9. The Balaban J connectivity index is 0.00000480. The highest BCUT2D eigenvalue weighted by atomic mass is 127. The van der Waals surface area contributed by atoms with E-state index in [-0.39, 0.29) is 41.2 Å². The average molecular weight is 546 g/mol. The Morgan fingerprint density at radius 1 is 1.19 bits per heavy atom. The van der Waals surface area contributed by atoms with Gasteiger partial charge in [-0.3, -0.25) is 9.79 Å². The van der Waals surface area contributed by atoms with Crippen molar-refractivity contribution in [1.29, 1.82) is 0 Å². The van der Waals surface area contributed by atoms with Crippen LogP contribution in [-0.4, -0.2) is 63.7 Å². The van der Waals surface area contributed by atoms with Crippen molar-refractivity contribution < 1.29 is 14.3 Å². The minimum atomic E-state index is -0.135. The fourth-order valence-corrected chi connectivity index (χ4v) is 3.66. The van der Waals surface area contributed by atoms with Gasteiger partial charge in [-0.05, 0) is 30.5 Å². The van der Waals surface area contributed by atoms with Gasteiger partial charge >= 0.3 is 0 Å². The van der Waals surface area contributed by atoms with Crippen molar-refractivity contribution in [2.75, 3.05) is 40.9 Å². The number of hydrogen-bond acceptors (Lipinski definition) is 4. The highest BCUT2D eigenvalue weighted by Gasteiger charge is 2.26. The van der Waals surface area contributed by atoms with E-state index in [1.807, 2.05) is 30.9 Å². The van der Waals surface area contributed by atoms with Crippen LogP contribution in [0.25, 0.3) is 0 Å². The van der Waals surface area contributed by atoms with Gasteiger partial charge in [0.25, 0.3) is 0 Å². The molecule has 0 saturated carbocycles. The standard InChI is InChI=1S/C23H38N4O3.HI/c1-16(2)21(28)27-12-10-18(11-13-27)26-22(24-5)25-15-23(3,4)17-8-9-19(29-6)20(14-17)30-7;/h8-9,14,16,18H,10-13,15H2,1-7H3,(H2,24,25,26);1H. The number of guanidine groups is 1. The Hall–Kier alpha value is -1.71. The van der Waals surface area contributed by atoms with Crippen molar-refractivity contribution in [1.82, 2.24) is 15.5 Å². The number of nitrogens with one attached hydrogen (secondary N) is 2. The molecule has 2 rings (SSSR count). The fourth-order valence-electron chi connectivity index (χ4n) is 3.66. The van der Waals surface area contributed by atoms with Crippen LogP contribution in [0.15, 0.2) is 23.2 Å². The number of rotatable bonds is 7. The lowest BCUT2D eigenvalue weighted by atomic mass is 9.84. The number of aliphatic imine (C=N–C) groups is 1. The van der Waals surface area contributed by atoms with Gasteiger partial charge in [-0.1, -0.05) is 33.8 Å². The molecular formula is C23H39IN4O3. The number of ether oxygens (including phenoxy) is 2. The number of benzene rings is 1. The number of carbonyl (C=O) groups is 1. The first-order valence-electron chi connectivity index (χ1n) is 10.7. The maximum Gasteiger partial charge on any atom is 0.225 e. The Labute approximate surface area is 204 Å². The van der Waals surface area contributed by atoms with Crippen molar-refractivity contribution in [3.05, 3.63) is 23.8 Å². The number of piperidine rings is 1. The van der Waals surface area contributed by atoms with E-state index in [4.69, 9.17) is 9.47 Å². The first-order valence-corrected chi connectivity index (χ1v) is 10.7. The molecule has 0 spiro atoms. The van der Waals surface area contributed by atoms with E-state index < -0.39 is 0 Å². The van der Waals surface area contributed by atoms with Crippen LogP contribution >= 0.6 is 24.0 Å². The summed E-state index contributed by atoms with van der Waals surface area (Å²) in [7, 11) is 5.08. The lowest BCUT2D eigenvalue weighted by Gasteiger charge is -2.34. The van der Waals surface area contributed by atoms with E-state index >= 15 is 0 Å². The summed E-state index contributed by atoms with van der Waals surface area (Å²) in [5, 5.41) is 6.98. The zero-order valence-corrected chi connectivity index (χ0v) is 22.3. The lowest BCUT2D eigenvalue weighted by Crippen LogP contribution is -2.51. The molecule has 176 valence electrons. The molecule has 1 heterocycles. The van der Waals surface area contributed by atoms with Gasteiger partial charge in [0.1, 0.15) is 0 Å². The number of methoxy groups -OCH3 is 2. The van der Waals surface area contributed by atoms with Crippen molar-refractivity contribution in [3.63, 3.8) is 0 Å². The van der Waals surface area contributed by atoms with Gasteiger partial charge in [0.2, 0.25) is 5.91 Å². The molecule has 0 radical (unpaired) electrons. The molecular weight excluding hydrogens is 507 g/mol. The fraction of sp³-hybridized carbons (Fsp3) is 0.652. The molecule has 1 saturated heterocycles. The number of likely N-dealkylation sites (tertiary alicyclic amines) is 1. The summed E-state index contributed by atoms with van der Waals surface area (Å²) in [6, 6.07) is 6.35. The molecule has 1 aliphatic rings. The molecule has 7 nitrogen and oxygen atoms in total. The summed E-state index contributed by atoms with van der Waals surface area (Å²) in [5.74, 6) is 2.55. The van der Waals surface area contributed by atoms with Crippen LogP contribution in [0.3, 0.4) is 0 Å². The molecule has 1 aromatic carbocycles. The summed E-state index contributed by atoms with van der Waals surface area (Å²) in [4.78, 5) is 18.5. The third-order valence-electron chi connectivity index (χ3n) is 5.73. The van der Waals surface area contributed by atoms with Gasteiger partial charge in [-0.25, -0.2) is 0 Å². The summed E-state index contributed by atoms with van der Waals surface area (Å²) in [6.07, 6.45) is 1.86. The predicted octanol–water partition coefficient (Wildman–Crippen LogP) is 3.41. The first kappa shape index (κ1) is 27.3. The van der Waals surface area contributed by atoms with Crippen molar-refractivity contribution >= 4 is 35.8 Å². The molecule has 0 aliphatic carbocycles. The van der Waals surface area contributed by atoms with Crippen LogP contribution in [0.1, 0.15) is 46.1 Å². The van der Waals surface area contributed by atoms with E-state index in [1.165, 1.54) is 0 Å². The SMILES string of the molecule is CN=C(NCC(C)(C)c1ccc(OC)c(OC)c1)NC1CCN(C(=O)C(C)C)CC1.I. The van der Waals surface area contributed by atoms with Gasteiger partial charge in [0, 0.05) is 44.1 Å². The van der Waals surface area contributed by atoms with Gasteiger partial charge in [-0.15, -0.1) is 24.0 Å². The third kappa shape index (κ3) is 7.43. The smallest absolute Gasteiger partial charge is 0.225 e. The van der Waals surface area contributed by atoms with Crippen LogP contribution in [0.4, 0.5) is 0 Å². The van der Waals surface area contributed by atoms with Crippen molar-refractivity contribution in [2.45, 2.75) is 52.0 Å². The van der Waals surface area contributed by atoms with E-state index in [0.717, 1.165) is 49.0 Å². The minimum Gasteiger partial charge on any atom is -0.493 e. The number of hydrogen-bond donors (Lipinski definition) is 2. The Kier molecular flexibility index (Phi) is 10.9. The second kappa shape index (κ2) is 12.4. The van der Waals surface area contributed by atoms with E-state index in [0.29, 0.717) is 12.6 Å². The number of amides is 1. The molecule has 1 aliphatic heterocycles. The van der Waals surface area contributed by atoms with E-state index in [1.54, 1.807) is 21.3 Å². The van der Waals surface area contributed by atoms with Gasteiger partial charge < -0.3 is 25.0 Å². The van der Waals surface area contributed by atoms with Crippen molar-refractivity contribution in [2.24, 2.45) is 10.9 Å². The number of carbonyl (C=O) groups excluding carboxylic acids is 1. The maximum atomic E-state index is 12.2. The molecule has 0 unspecified atom stereocenters. The second-order valence-corrected chi connectivity index (χ2v) is 8.78. The van der Waals surface area contributed by atoms with Gasteiger partial charge in [-0.2, -0.15) is 0 Å². The minimum absolute atomic E-state index is 0. The molecule has 8 heteroatoms. The molecule has 2 N–H and O–H groups in total. The van der Waals surface area contributed by atoms with Crippen LogP contribution < -0.4 is 20.1 Å². The summed E-state index contributed by atoms with van der Waals surface area (Å²) in [5.41, 5.74) is 1.02. The van der Waals surface area contributed by atoms with Crippen LogP contribution in [0.5, 0.6) is 11.5 Å². The lowest BCUT2D eigenvalue weighted by molar-refractivity contribution is -0.135. The molecule has 0 aromatic heterocycles. The molecule has 1 fully saturated rings. The van der Waals surface area contributed by atoms with Gasteiger partial charge in [0.05, 0.1) is 14.2 Å². The van der Waals surface area contributed by atoms with E-state index in [9.17, 15) is 4.79 Å². The van der Waals surface area contributed by atoms with Crippen LogP contribution in [0.2, 0.25) is 0 Å². The zero-order chi connectivity index (χ0) is 22.3. The highest BCUT2D eigenvalue weighted by molar-refractivity contribution is 14.0. The molecule has 1 amide bonds. The Bertz CT molecular complexity index is 744. The maximum absolute atomic E-state index is 12.2. The molecule has 0 bridgehead atoms. The molecule has 31 heavy (non-hydrogen) atoms. The monoisotopic (exact) mass is 546 g/mol. The normalized spacial score (nSPS) is 15.4.